The van der Waals surface area contributed by atoms with Crippen LogP contribution in [0.3, 0.4) is 0 Å². The lowest BCUT2D eigenvalue weighted by atomic mass is 9.96. The third kappa shape index (κ3) is 4.28. The predicted octanol–water partition coefficient (Wildman–Crippen LogP) is 2.71. The summed E-state index contributed by atoms with van der Waals surface area (Å²) < 4.78 is 4.80. The van der Waals surface area contributed by atoms with E-state index in [-0.39, 0.29) is 11.8 Å². The first-order valence-electron chi connectivity index (χ1n) is 7.01. The van der Waals surface area contributed by atoms with Gasteiger partial charge in [-0.05, 0) is 31.7 Å². The highest BCUT2D eigenvalue weighted by atomic mass is 32.1. The molecule has 0 bridgehead atoms. The van der Waals surface area contributed by atoms with Crippen molar-refractivity contribution in [2.45, 2.75) is 34.1 Å². The summed E-state index contributed by atoms with van der Waals surface area (Å²) in [5, 5.41) is 3.39. The van der Waals surface area contributed by atoms with Crippen LogP contribution in [-0.4, -0.2) is 25.5 Å². The molecule has 0 radical (unpaired) electrons. The Labute approximate surface area is 129 Å². The molecular weight excluding hydrogens is 288 g/mol. The lowest BCUT2D eigenvalue weighted by molar-refractivity contribution is -0.120. The van der Waals surface area contributed by atoms with Crippen LogP contribution in [-0.2, 0) is 9.53 Å². The Hall–Kier alpha value is -1.40. The van der Waals surface area contributed by atoms with Gasteiger partial charge in [0.1, 0.15) is 5.00 Å². The van der Waals surface area contributed by atoms with Crippen molar-refractivity contribution < 1.29 is 14.3 Å². The van der Waals surface area contributed by atoms with Crippen LogP contribution in [0, 0.1) is 25.7 Å². The zero-order valence-electron chi connectivity index (χ0n) is 13.3. The first-order valence-corrected chi connectivity index (χ1v) is 7.82. The average Bonchev–Trinajstić information content (AvgIpc) is 2.70. The lowest BCUT2D eigenvalue weighted by Gasteiger charge is -2.16. The van der Waals surface area contributed by atoms with Crippen LogP contribution in [0.5, 0.6) is 0 Å². The number of methoxy groups -OCH3 is 1. The quantitative estimate of drug-likeness (QED) is 0.791. The highest BCUT2D eigenvalue weighted by molar-refractivity contribution is 7.16. The number of esters is 1. The summed E-state index contributed by atoms with van der Waals surface area (Å²) in [6.07, 6.45) is 0.721. The van der Waals surface area contributed by atoms with Gasteiger partial charge in [-0.15, -0.1) is 11.3 Å². The van der Waals surface area contributed by atoms with Crippen molar-refractivity contribution in [1.82, 2.24) is 0 Å². The van der Waals surface area contributed by atoms with Gasteiger partial charge in [-0.1, -0.05) is 13.8 Å². The number of anilines is 1. The molecule has 0 aliphatic heterocycles. The molecule has 0 aliphatic rings. The minimum atomic E-state index is -0.430. The molecule has 0 fully saturated rings. The topological polar surface area (TPSA) is 81.4 Å². The van der Waals surface area contributed by atoms with Crippen molar-refractivity contribution in [3.8, 4) is 0 Å². The van der Waals surface area contributed by atoms with Crippen LogP contribution in [0.25, 0.3) is 0 Å². The molecule has 0 aromatic carbocycles. The van der Waals surface area contributed by atoms with E-state index in [9.17, 15) is 9.59 Å². The van der Waals surface area contributed by atoms with Gasteiger partial charge >= 0.3 is 5.97 Å². The third-order valence-corrected chi connectivity index (χ3v) is 4.55. The summed E-state index contributed by atoms with van der Waals surface area (Å²) in [6.45, 7) is 8.16. The van der Waals surface area contributed by atoms with E-state index in [0.29, 0.717) is 23.0 Å². The minimum Gasteiger partial charge on any atom is -0.465 e. The molecule has 0 saturated carbocycles. The Bertz CT molecular complexity index is 523. The molecule has 1 aromatic heterocycles. The molecular formula is C15H24N2O3S. The Morgan fingerprint density at radius 3 is 2.43 bits per heavy atom. The number of nitrogens with two attached hydrogens (primary N) is 1. The summed E-state index contributed by atoms with van der Waals surface area (Å²) >= 11 is 1.39. The minimum absolute atomic E-state index is 0.141. The number of nitrogens with one attached hydrogen (secondary N) is 1. The van der Waals surface area contributed by atoms with Gasteiger partial charge in [-0.2, -0.15) is 0 Å². The molecule has 0 saturated heterocycles. The summed E-state index contributed by atoms with van der Waals surface area (Å²) in [5.41, 5.74) is 6.97. The van der Waals surface area contributed by atoms with Crippen LogP contribution in [0.15, 0.2) is 0 Å². The predicted molar refractivity (Wildman–Crippen MR) is 85.8 cm³/mol. The number of thiophene rings is 1. The van der Waals surface area contributed by atoms with Gasteiger partial charge in [0.05, 0.1) is 18.6 Å². The van der Waals surface area contributed by atoms with Gasteiger partial charge in [0.25, 0.3) is 0 Å². The highest BCUT2D eigenvalue weighted by Crippen LogP contribution is 2.33. The van der Waals surface area contributed by atoms with E-state index in [1.807, 2.05) is 13.8 Å². The maximum Gasteiger partial charge on any atom is 0.341 e. The SMILES string of the molecule is COC(=O)c1c(NC(=O)C(CN)CC(C)C)sc(C)c1C. The Morgan fingerprint density at radius 2 is 1.95 bits per heavy atom. The molecule has 5 nitrogen and oxygen atoms in total. The Balaban J connectivity index is 2.99. The van der Waals surface area contributed by atoms with Gasteiger partial charge in [0.2, 0.25) is 5.91 Å². The number of hydrogen-bond acceptors (Lipinski definition) is 5. The second-order valence-electron chi connectivity index (χ2n) is 5.53. The van der Waals surface area contributed by atoms with E-state index in [4.69, 9.17) is 10.5 Å². The van der Waals surface area contributed by atoms with Crippen molar-refractivity contribution in [2.24, 2.45) is 17.6 Å². The fourth-order valence-electron chi connectivity index (χ4n) is 2.16. The molecule has 21 heavy (non-hydrogen) atoms. The Morgan fingerprint density at radius 1 is 1.33 bits per heavy atom. The monoisotopic (exact) mass is 312 g/mol. The summed E-state index contributed by atoms with van der Waals surface area (Å²) in [7, 11) is 1.34. The average molecular weight is 312 g/mol. The molecule has 1 atom stereocenters. The highest BCUT2D eigenvalue weighted by Gasteiger charge is 2.24. The lowest BCUT2D eigenvalue weighted by Crippen LogP contribution is -2.30. The summed E-state index contributed by atoms with van der Waals surface area (Å²) in [4.78, 5) is 25.2. The van der Waals surface area contributed by atoms with Gasteiger partial charge in [0, 0.05) is 11.4 Å². The van der Waals surface area contributed by atoms with Crippen molar-refractivity contribution in [3.63, 3.8) is 0 Å². The maximum atomic E-state index is 12.3. The molecule has 118 valence electrons. The summed E-state index contributed by atoms with van der Waals surface area (Å²) in [6, 6.07) is 0. The van der Waals surface area contributed by atoms with E-state index in [2.05, 4.69) is 19.2 Å². The standard InChI is InChI=1S/C15H24N2O3S/c1-8(2)6-11(7-16)13(18)17-14-12(15(19)20-5)9(3)10(4)21-14/h8,11H,6-7,16H2,1-5H3,(H,17,18). The number of hydrogen-bond donors (Lipinski definition) is 2. The molecule has 1 amide bonds. The smallest absolute Gasteiger partial charge is 0.341 e. The van der Waals surface area contributed by atoms with Crippen LogP contribution in [0.1, 0.15) is 41.1 Å². The van der Waals surface area contributed by atoms with Crippen molar-refractivity contribution in [1.29, 1.82) is 0 Å². The van der Waals surface area contributed by atoms with Crippen molar-refractivity contribution in [3.05, 3.63) is 16.0 Å². The number of carbonyl (C=O) groups excluding carboxylic acids is 2. The number of carbonyl (C=O) groups is 2. The van der Waals surface area contributed by atoms with Crippen LogP contribution in [0.4, 0.5) is 5.00 Å². The van der Waals surface area contributed by atoms with Crippen LogP contribution >= 0.6 is 11.3 Å². The molecule has 1 rings (SSSR count). The van der Waals surface area contributed by atoms with E-state index in [1.165, 1.54) is 18.4 Å². The number of aryl methyl sites for hydroxylation is 1. The third-order valence-electron chi connectivity index (χ3n) is 3.42. The molecule has 3 N–H and O–H groups in total. The Kier molecular flexibility index (Phi) is 6.36. The fraction of sp³-hybridized carbons (Fsp3) is 0.600. The normalized spacial score (nSPS) is 12.3. The second-order valence-corrected chi connectivity index (χ2v) is 6.76. The molecule has 0 spiro atoms. The first kappa shape index (κ1) is 17.7. The van der Waals surface area contributed by atoms with Crippen LogP contribution in [0.2, 0.25) is 0 Å². The van der Waals surface area contributed by atoms with Gasteiger partial charge in [-0.25, -0.2) is 4.79 Å². The number of amides is 1. The van der Waals surface area contributed by atoms with Crippen molar-refractivity contribution >= 4 is 28.2 Å². The molecule has 1 heterocycles. The van der Waals surface area contributed by atoms with Crippen molar-refractivity contribution in [2.75, 3.05) is 19.0 Å². The molecule has 1 unspecified atom stereocenters. The van der Waals surface area contributed by atoms with Gasteiger partial charge in [0.15, 0.2) is 0 Å². The zero-order valence-corrected chi connectivity index (χ0v) is 14.1. The van der Waals surface area contributed by atoms with E-state index < -0.39 is 5.97 Å². The van der Waals surface area contributed by atoms with Gasteiger partial charge < -0.3 is 15.8 Å². The first-order chi connectivity index (χ1) is 9.81. The van der Waals surface area contributed by atoms with E-state index in [0.717, 1.165) is 16.9 Å². The zero-order chi connectivity index (χ0) is 16.2. The van der Waals surface area contributed by atoms with E-state index in [1.54, 1.807) is 0 Å². The second kappa shape index (κ2) is 7.56. The van der Waals surface area contributed by atoms with E-state index >= 15 is 0 Å². The largest absolute Gasteiger partial charge is 0.465 e. The molecule has 6 heteroatoms. The van der Waals surface area contributed by atoms with Crippen LogP contribution < -0.4 is 11.1 Å². The fourth-order valence-corrected chi connectivity index (χ4v) is 3.21. The van der Waals surface area contributed by atoms with Gasteiger partial charge in [-0.3, -0.25) is 4.79 Å². The molecule has 0 aliphatic carbocycles. The number of ether oxygens (including phenoxy) is 1. The molecule has 1 aromatic rings. The summed E-state index contributed by atoms with van der Waals surface area (Å²) in [5.74, 6) is -0.438. The maximum absolute atomic E-state index is 12.3. The number of rotatable bonds is 6.